The smallest absolute Gasteiger partial charge is 0.336 e. The molecule has 3 rings (SSSR count). The van der Waals surface area contributed by atoms with Crippen molar-refractivity contribution in [2.45, 2.75) is 38.5 Å². The van der Waals surface area contributed by atoms with Crippen molar-refractivity contribution in [3.8, 4) is 5.88 Å². The van der Waals surface area contributed by atoms with Crippen LogP contribution in [0, 0.1) is 6.92 Å². The minimum Gasteiger partial charge on any atom is -0.481 e. The van der Waals surface area contributed by atoms with Gasteiger partial charge >= 0.3 is 17.9 Å². The number of nitrogens with zero attached hydrogens (tertiary/aromatic N) is 4. The van der Waals surface area contributed by atoms with Gasteiger partial charge < -0.3 is 30.1 Å². The van der Waals surface area contributed by atoms with Crippen LogP contribution in [0.1, 0.15) is 29.7 Å². The third kappa shape index (κ3) is 10.2. The van der Waals surface area contributed by atoms with Crippen LogP contribution < -0.4 is 4.74 Å². The first kappa shape index (κ1) is 32.1. The van der Waals surface area contributed by atoms with Crippen LogP contribution in [-0.2, 0) is 27.5 Å². The van der Waals surface area contributed by atoms with Crippen molar-refractivity contribution in [1.82, 2.24) is 19.8 Å². The molecule has 0 aliphatic carbocycles. The highest BCUT2D eigenvalue weighted by molar-refractivity contribution is 5.88. The Morgan fingerprint density at radius 2 is 1.62 bits per heavy atom. The number of hydrogen-bond donors (Lipinski definition) is 4. The molecule has 3 aromatic rings. The number of carbonyl (C=O) groups is 3. The number of aromatic nitrogens is 2. The standard InChI is InChI=1S/C22H28N4O.C6H8O7/c1-17-8-9-18-14-19(22(27-4)24-21(18)13-17)15-26(12-11-25(2)3)16-20-7-5-6-10-23-20;7-3(8)1-6(13,5(11)12)2-4(9)10/h5-10,13-14H,11-12,15-16H2,1-4H3;13H,1-2H2,(H,7,8)(H,9,10)(H,11,12). The minimum atomic E-state index is -2.74. The number of methoxy groups -OCH3 is 1. The SMILES string of the molecule is COc1nc2cc(C)ccc2cc1CN(CCN(C)C)Cc1ccccn1.O=C(O)CC(O)(CC(=O)O)C(=O)O. The summed E-state index contributed by atoms with van der Waals surface area (Å²) in [7, 11) is 5.88. The normalized spacial score (nSPS) is 11.3. The molecule has 12 nitrogen and oxygen atoms in total. The zero-order chi connectivity index (χ0) is 29.9. The van der Waals surface area contributed by atoms with Crippen LogP contribution in [0.25, 0.3) is 10.9 Å². The summed E-state index contributed by atoms with van der Waals surface area (Å²) in [6.45, 7) is 5.57. The summed E-state index contributed by atoms with van der Waals surface area (Å²) in [5.74, 6) is -4.32. The Morgan fingerprint density at radius 1 is 0.950 bits per heavy atom. The van der Waals surface area contributed by atoms with Gasteiger partial charge in [0.05, 0.1) is 31.2 Å². The molecule has 1 aromatic carbocycles. The van der Waals surface area contributed by atoms with Gasteiger partial charge in [-0.3, -0.25) is 19.5 Å². The number of carboxylic acid groups (broad SMARTS) is 3. The van der Waals surface area contributed by atoms with Gasteiger partial charge in [0.2, 0.25) is 5.88 Å². The van der Waals surface area contributed by atoms with Gasteiger partial charge in [0.25, 0.3) is 0 Å². The number of aliphatic hydroxyl groups is 1. The van der Waals surface area contributed by atoms with Gasteiger partial charge in [-0.1, -0.05) is 18.2 Å². The summed E-state index contributed by atoms with van der Waals surface area (Å²) >= 11 is 0. The molecule has 0 spiro atoms. The lowest BCUT2D eigenvalue weighted by Gasteiger charge is -2.24. The van der Waals surface area contributed by atoms with E-state index < -0.39 is 36.4 Å². The highest BCUT2D eigenvalue weighted by Crippen LogP contribution is 2.25. The van der Waals surface area contributed by atoms with E-state index in [9.17, 15) is 14.4 Å². The first-order valence-corrected chi connectivity index (χ1v) is 12.4. The van der Waals surface area contributed by atoms with E-state index in [2.05, 4.69) is 66.1 Å². The van der Waals surface area contributed by atoms with Crippen molar-refractivity contribution < 1.29 is 39.5 Å². The Bertz CT molecular complexity index is 1280. The quantitative estimate of drug-likeness (QED) is 0.242. The molecule has 0 saturated carbocycles. The second-order valence-electron chi connectivity index (χ2n) is 9.67. The molecule has 0 fully saturated rings. The predicted molar refractivity (Wildman–Crippen MR) is 147 cm³/mol. The highest BCUT2D eigenvalue weighted by atomic mass is 16.5. The number of fused-ring (bicyclic) bond motifs is 1. The first-order chi connectivity index (χ1) is 18.8. The topological polar surface area (TPSA) is 174 Å². The number of likely N-dealkylation sites (N-methyl/N-ethyl adjacent to an activating group) is 1. The summed E-state index contributed by atoms with van der Waals surface area (Å²) in [6.07, 6.45) is -0.441. The Labute approximate surface area is 232 Å². The molecule has 0 aliphatic heterocycles. The number of hydrogen-bond acceptors (Lipinski definition) is 9. The average molecular weight is 557 g/mol. The number of carboxylic acids is 3. The van der Waals surface area contributed by atoms with Gasteiger partial charge in [0.15, 0.2) is 5.60 Å². The first-order valence-electron chi connectivity index (χ1n) is 12.4. The van der Waals surface area contributed by atoms with Crippen molar-refractivity contribution in [3.05, 3.63) is 65.5 Å². The molecule has 2 aromatic heterocycles. The molecule has 4 N–H and O–H groups in total. The molecule has 12 heteroatoms. The molecule has 0 unspecified atom stereocenters. The van der Waals surface area contributed by atoms with Crippen LogP contribution in [0.2, 0.25) is 0 Å². The van der Waals surface area contributed by atoms with Crippen LogP contribution >= 0.6 is 0 Å². The van der Waals surface area contributed by atoms with Gasteiger partial charge in [-0.2, -0.15) is 0 Å². The van der Waals surface area contributed by atoms with E-state index in [-0.39, 0.29) is 0 Å². The largest absolute Gasteiger partial charge is 0.481 e. The molecule has 0 aliphatic rings. The lowest BCUT2D eigenvalue weighted by molar-refractivity contribution is -0.170. The molecular formula is C28H36N4O8. The van der Waals surface area contributed by atoms with Crippen LogP contribution in [0.5, 0.6) is 5.88 Å². The molecule has 0 amide bonds. The van der Waals surface area contributed by atoms with Gasteiger partial charge in [0, 0.05) is 43.3 Å². The van der Waals surface area contributed by atoms with Crippen molar-refractivity contribution in [2.75, 3.05) is 34.3 Å². The van der Waals surface area contributed by atoms with E-state index in [1.54, 1.807) is 7.11 Å². The predicted octanol–water partition coefficient (Wildman–Crippen LogP) is 2.26. The molecule has 216 valence electrons. The summed E-state index contributed by atoms with van der Waals surface area (Å²) in [6, 6.07) is 14.6. The van der Waals surface area contributed by atoms with Gasteiger partial charge in [-0.05, 0) is 50.8 Å². The number of pyridine rings is 2. The molecular weight excluding hydrogens is 520 g/mol. The Balaban J connectivity index is 0.000000366. The lowest BCUT2D eigenvalue weighted by Crippen LogP contribution is -2.42. The van der Waals surface area contributed by atoms with E-state index in [0.29, 0.717) is 5.88 Å². The summed E-state index contributed by atoms with van der Waals surface area (Å²) in [4.78, 5) is 44.3. The van der Waals surface area contributed by atoms with Crippen LogP contribution in [0.4, 0.5) is 0 Å². The molecule has 40 heavy (non-hydrogen) atoms. The second kappa shape index (κ2) is 14.9. The Morgan fingerprint density at radius 3 is 2.15 bits per heavy atom. The summed E-state index contributed by atoms with van der Waals surface area (Å²) in [5, 5.41) is 35.0. The molecule has 0 saturated heterocycles. The second-order valence-corrected chi connectivity index (χ2v) is 9.67. The molecule has 0 atom stereocenters. The molecule has 2 heterocycles. The zero-order valence-electron chi connectivity index (χ0n) is 23.1. The maximum atomic E-state index is 10.3. The van der Waals surface area contributed by atoms with Crippen LogP contribution in [0.15, 0.2) is 48.7 Å². The monoisotopic (exact) mass is 556 g/mol. The van der Waals surface area contributed by atoms with E-state index in [0.717, 1.165) is 48.3 Å². The fraction of sp³-hybridized carbons (Fsp3) is 0.393. The van der Waals surface area contributed by atoms with Crippen LogP contribution in [0.3, 0.4) is 0 Å². The number of rotatable bonds is 13. The third-order valence-corrected chi connectivity index (χ3v) is 5.86. The number of aryl methyl sites for hydroxylation is 1. The number of ether oxygens (including phenoxy) is 1. The summed E-state index contributed by atoms with van der Waals surface area (Å²) < 4.78 is 5.61. The Hall–Kier alpha value is -4.13. The van der Waals surface area contributed by atoms with Gasteiger partial charge in [-0.25, -0.2) is 9.78 Å². The van der Waals surface area contributed by atoms with Crippen molar-refractivity contribution in [1.29, 1.82) is 0 Å². The maximum Gasteiger partial charge on any atom is 0.336 e. The number of aliphatic carboxylic acids is 3. The average Bonchev–Trinajstić information content (AvgIpc) is 2.87. The molecule has 0 bridgehead atoms. The van der Waals surface area contributed by atoms with Crippen molar-refractivity contribution in [2.24, 2.45) is 0 Å². The van der Waals surface area contributed by atoms with Gasteiger partial charge in [0.1, 0.15) is 0 Å². The van der Waals surface area contributed by atoms with E-state index in [1.807, 2.05) is 18.3 Å². The van der Waals surface area contributed by atoms with E-state index in [1.165, 1.54) is 5.56 Å². The number of benzene rings is 1. The molecule has 0 radical (unpaired) electrons. The minimum absolute atomic E-state index is 0.698. The lowest BCUT2D eigenvalue weighted by atomic mass is 9.96. The van der Waals surface area contributed by atoms with Crippen molar-refractivity contribution in [3.63, 3.8) is 0 Å². The third-order valence-electron chi connectivity index (χ3n) is 5.86. The van der Waals surface area contributed by atoms with Crippen molar-refractivity contribution >= 4 is 28.8 Å². The fourth-order valence-corrected chi connectivity index (χ4v) is 3.82. The maximum absolute atomic E-state index is 10.3. The fourth-order valence-electron chi connectivity index (χ4n) is 3.82. The van der Waals surface area contributed by atoms with Crippen LogP contribution in [-0.4, -0.2) is 98.0 Å². The summed E-state index contributed by atoms with van der Waals surface area (Å²) in [5.41, 5.74) is 1.60. The highest BCUT2D eigenvalue weighted by Gasteiger charge is 2.40. The van der Waals surface area contributed by atoms with E-state index >= 15 is 0 Å². The Kier molecular flexibility index (Phi) is 11.9. The van der Waals surface area contributed by atoms with Gasteiger partial charge in [-0.15, -0.1) is 0 Å². The zero-order valence-corrected chi connectivity index (χ0v) is 23.1. The van der Waals surface area contributed by atoms with E-state index in [4.69, 9.17) is 30.1 Å².